The second-order valence-corrected chi connectivity index (χ2v) is 8.31. The van der Waals surface area contributed by atoms with Gasteiger partial charge in [-0.2, -0.15) is 0 Å². The Morgan fingerprint density at radius 3 is 2.78 bits per heavy atom. The lowest BCUT2D eigenvalue weighted by atomic mass is 10.1. The van der Waals surface area contributed by atoms with Gasteiger partial charge >= 0.3 is 6.03 Å². The van der Waals surface area contributed by atoms with E-state index >= 15 is 0 Å². The summed E-state index contributed by atoms with van der Waals surface area (Å²) in [5.74, 6) is 0. The maximum atomic E-state index is 13.1. The van der Waals surface area contributed by atoms with Crippen LogP contribution >= 0.6 is 11.3 Å². The van der Waals surface area contributed by atoms with E-state index in [1.807, 2.05) is 4.90 Å². The molecule has 0 atom stereocenters. The predicted octanol–water partition coefficient (Wildman–Crippen LogP) is 0.830. The lowest BCUT2D eigenvalue weighted by molar-refractivity contribution is 0.0362. The van der Waals surface area contributed by atoms with Crippen molar-refractivity contribution in [2.45, 2.75) is 19.5 Å². The molecule has 0 aromatic carbocycles. The van der Waals surface area contributed by atoms with Crippen LogP contribution in [0.15, 0.2) is 11.1 Å². The first kappa shape index (κ1) is 18.4. The molecule has 27 heavy (non-hydrogen) atoms. The molecular weight excluding hydrogens is 366 g/mol. The topological polar surface area (TPSA) is 70.9 Å². The number of fused-ring (bicyclic) bond motifs is 3. The monoisotopic (exact) mass is 391 g/mol. The number of hydrogen-bond acceptors (Lipinski definition) is 6. The summed E-state index contributed by atoms with van der Waals surface area (Å²) >= 11 is 1.54. The summed E-state index contributed by atoms with van der Waals surface area (Å²) in [5.41, 5.74) is 1.12. The van der Waals surface area contributed by atoms with E-state index in [1.165, 1.54) is 11.3 Å². The van der Waals surface area contributed by atoms with E-state index in [-0.39, 0.29) is 11.6 Å². The second kappa shape index (κ2) is 7.57. The van der Waals surface area contributed by atoms with Crippen molar-refractivity contribution in [1.29, 1.82) is 0 Å². The molecule has 0 unspecified atom stereocenters. The molecule has 4 heterocycles. The minimum absolute atomic E-state index is 0.00832. The Balaban J connectivity index is 1.57. The van der Waals surface area contributed by atoms with Gasteiger partial charge in [-0.05, 0) is 12.0 Å². The number of urea groups is 1. The Morgan fingerprint density at radius 2 is 2.04 bits per heavy atom. The number of thiophene rings is 1. The molecule has 0 saturated carbocycles. The van der Waals surface area contributed by atoms with E-state index in [9.17, 15) is 9.59 Å². The van der Waals surface area contributed by atoms with Gasteiger partial charge in [0.25, 0.3) is 5.56 Å². The van der Waals surface area contributed by atoms with Crippen LogP contribution < -0.4 is 5.56 Å². The highest BCUT2D eigenvalue weighted by Crippen LogP contribution is 2.32. The summed E-state index contributed by atoms with van der Waals surface area (Å²) in [5, 5.41) is 0.747. The molecule has 2 aliphatic heterocycles. The number of hydrogen-bond donors (Lipinski definition) is 0. The Kier molecular flexibility index (Phi) is 5.16. The molecule has 0 spiro atoms. The lowest BCUT2D eigenvalue weighted by Crippen LogP contribution is -2.41. The first-order valence-electron chi connectivity index (χ1n) is 9.30. The molecule has 0 aliphatic carbocycles. The molecular formula is C18H25N5O3S. The van der Waals surface area contributed by atoms with Crippen molar-refractivity contribution in [3.63, 3.8) is 0 Å². The van der Waals surface area contributed by atoms with Gasteiger partial charge in [-0.15, -0.1) is 11.3 Å². The number of nitrogens with zero attached hydrogens (tertiary/aromatic N) is 5. The van der Waals surface area contributed by atoms with Gasteiger partial charge < -0.3 is 14.5 Å². The minimum atomic E-state index is 0.00832. The largest absolute Gasteiger partial charge is 0.379 e. The number of morpholine rings is 1. The molecule has 1 saturated heterocycles. The third-order valence-electron chi connectivity index (χ3n) is 5.24. The van der Waals surface area contributed by atoms with Crippen LogP contribution in [0.2, 0.25) is 0 Å². The van der Waals surface area contributed by atoms with Crippen molar-refractivity contribution in [2.24, 2.45) is 0 Å². The molecule has 9 heteroatoms. The zero-order chi connectivity index (χ0) is 19.0. The molecule has 0 N–H and O–H groups in total. The van der Waals surface area contributed by atoms with Gasteiger partial charge in [-0.1, -0.05) is 0 Å². The SMILES string of the molecule is CN(C)C(=O)N1CCc2c(sc3ncn(CCN4CCOCC4)c(=O)c23)C1. The Labute approximate surface area is 161 Å². The summed E-state index contributed by atoms with van der Waals surface area (Å²) < 4.78 is 7.10. The quantitative estimate of drug-likeness (QED) is 0.775. The number of carbonyl (C=O) groups is 1. The summed E-state index contributed by atoms with van der Waals surface area (Å²) in [4.78, 5) is 37.4. The fourth-order valence-corrected chi connectivity index (χ4v) is 4.89. The molecule has 0 bridgehead atoms. The number of aromatic nitrogens is 2. The smallest absolute Gasteiger partial charge is 0.319 e. The maximum absolute atomic E-state index is 13.1. The van der Waals surface area contributed by atoms with E-state index in [4.69, 9.17) is 4.74 Å². The van der Waals surface area contributed by atoms with Gasteiger partial charge in [-0.3, -0.25) is 14.3 Å². The van der Waals surface area contributed by atoms with Crippen molar-refractivity contribution >= 4 is 27.6 Å². The van der Waals surface area contributed by atoms with Crippen LogP contribution in [0.1, 0.15) is 10.4 Å². The molecule has 2 amide bonds. The summed E-state index contributed by atoms with van der Waals surface area (Å²) in [6, 6.07) is 0.00832. The maximum Gasteiger partial charge on any atom is 0.319 e. The summed E-state index contributed by atoms with van der Waals surface area (Å²) in [7, 11) is 3.52. The van der Waals surface area contributed by atoms with Gasteiger partial charge in [0.15, 0.2) is 0 Å². The van der Waals surface area contributed by atoms with Crippen LogP contribution in [0.5, 0.6) is 0 Å². The number of rotatable bonds is 3. The number of carbonyl (C=O) groups excluding carboxylic acids is 1. The van der Waals surface area contributed by atoms with E-state index in [0.717, 1.165) is 53.5 Å². The van der Waals surface area contributed by atoms with Crippen molar-refractivity contribution in [2.75, 3.05) is 53.5 Å². The van der Waals surface area contributed by atoms with E-state index < -0.39 is 0 Å². The Hall–Kier alpha value is -1.97. The van der Waals surface area contributed by atoms with Crippen LogP contribution in [0.3, 0.4) is 0 Å². The standard InChI is InChI=1S/C18H25N5O3S/c1-20(2)18(25)22-4-3-13-14(11-22)27-16-15(13)17(24)23(12-19-16)6-5-21-7-9-26-10-8-21/h12H,3-11H2,1-2H3. The normalized spacial score (nSPS) is 17.9. The van der Waals surface area contributed by atoms with Crippen molar-refractivity contribution in [3.8, 4) is 0 Å². The second-order valence-electron chi connectivity index (χ2n) is 7.23. The highest BCUT2D eigenvalue weighted by molar-refractivity contribution is 7.18. The molecule has 4 rings (SSSR count). The Bertz CT molecular complexity index is 900. The zero-order valence-corrected chi connectivity index (χ0v) is 16.6. The van der Waals surface area contributed by atoms with Gasteiger partial charge in [0.05, 0.1) is 31.5 Å². The van der Waals surface area contributed by atoms with E-state index in [1.54, 1.807) is 29.9 Å². The number of ether oxygens (including phenoxy) is 1. The first-order valence-corrected chi connectivity index (χ1v) is 10.1. The molecule has 8 nitrogen and oxygen atoms in total. The highest BCUT2D eigenvalue weighted by atomic mass is 32.1. The van der Waals surface area contributed by atoms with Crippen molar-refractivity contribution in [3.05, 3.63) is 27.1 Å². The fraction of sp³-hybridized carbons (Fsp3) is 0.611. The van der Waals surface area contributed by atoms with Gasteiger partial charge in [0.2, 0.25) is 0 Å². The Morgan fingerprint density at radius 1 is 1.26 bits per heavy atom. The van der Waals surface area contributed by atoms with Crippen molar-refractivity contribution in [1.82, 2.24) is 24.3 Å². The minimum Gasteiger partial charge on any atom is -0.379 e. The average molecular weight is 391 g/mol. The molecule has 2 aliphatic rings. The average Bonchev–Trinajstić information content (AvgIpc) is 3.06. The van der Waals surface area contributed by atoms with Crippen LogP contribution in [0, 0.1) is 0 Å². The van der Waals surface area contributed by atoms with E-state index in [0.29, 0.717) is 26.1 Å². The molecule has 146 valence electrons. The number of amides is 2. The van der Waals surface area contributed by atoms with Crippen LogP contribution in [0.25, 0.3) is 10.2 Å². The zero-order valence-electron chi connectivity index (χ0n) is 15.8. The van der Waals surface area contributed by atoms with Crippen LogP contribution in [-0.4, -0.2) is 83.8 Å². The highest BCUT2D eigenvalue weighted by Gasteiger charge is 2.27. The molecule has 2 aromatic rings. The first-order chi connectivity index (χ1) is 13.0. The van der Waals surface area contributed by atoms with E-state index in [2.05, 4.69) is 9.88 Å². The van der Waals surface area contributed by atoms with Gasteiger partial charge in [0, 0.05) is 51.7 Å². The van der Waals surface area contributed by atoms with Crippen LogP contribution in [0.4, 0.5) is 4.79 Å². The van der Waals surface area contributed by atoms with Crippen LogP contribution in [-0.2, 0) is 24.2 Å². The fourth-order valence-electron chi connectivity index (χ4n) is 3.70. The molecule has 2 aromatic heterocycles. The molecule has 0 radical (unpaired) electrons. The third-order valence-corrected chi connectivity index (χ3v) is 6.37. The van der Waals surface area contributed by atoms with Gasteiger partial charge in [0.1, 0.15) is 4.83 Å². The summed E-state index contributed by atoms with van der Waals surface area (Å²) in [6.07, 6.45) is 2.37. The predicted molar refractivity (Wildman–Crippen MR) is 104 cm³/mol. The van der Waals surface area contributed by atoms with Crippen molar-refractivity contribution < 1.29 is 9.53 Å². The third kappa shape index (κ3) is 3.59. The van der Waals surface area contributed by atoms with Gasteiger partial charge in [-0.25, -0.2) is 9.78 Å². The molecule has 1 fully saturated rings. The lowest BCUT2D eigenvalue weighted by Gasteiger charge is -2.29. The summed E-state index contributed by atoms with van der Waals surface area (Å²) in [6.45, 7) is 5.99.